The molecule has 0 bridgehead atoms. The van der Waals surface area contributed by atoms with Crippen molar-refractivity contribution < 1.29 is 9.53 Å². The summed E-state index contributed by atoms with van der Waals surface area (Å²) in [6.07, 6.45) is 4.46. The number of carbonyl (C=O) groups is 1. The van der Waals surface area contributed by atoms with Gasteiger partial charge in [-0.25, -0.2) is 9.80 Å². The summed E-state index contributed by atoms with van der Waals surface area (Å²) in [6.45, 7) is 5.71. The van der Waals surface area contributed by atoms with E-state index in [2.05, 4.69) is 29.6 Å². The quantitative estimate of drug-likeness (QED) is 0.765. The van der Waals surface area contributed by atoms with E-state index >= 15 is 0 Å². The van der Waals surface area contributed by atoms with Gasteiger partial charge in [0.2, 0.25) is 0 Å². The van der Waals surface area contributed by atoms with Crippen LogP contribution in [0.4, 0.5) is 4.79 Å². The minimum atomic E-state index is -0.0962. The number of piperidine rings is 1. The smallest absolute Gasteiger partial charge is 0.329 e. The first kappa shape index (κ1) is 12.6. The van der Waals surface area contributed by atoms with E-state index in [-0.39, 0.29) is 12.1 Å². The lowest BCUT2D eigenvalue weighted by Crippen LogP contribution is -2.57. The molecule has 0 radical (unpaired) electrons. The summed E-state index contributed by atoms with van der Waals surface area (Å²) in [5.74, 6) is 0. The van der Waals surface area contributed by atoms with Crippen LogP contribution in [0, 0.1) is 0 Å². The number of rotatable bonds is 2. The summed E-state index contributed by atoms with van der Waals surface area (Å²) < 4.78 is 5.23. The Morgan fingerprint density at radius 1 is 1.24 bits per heavy atom. The molecular formula is C12H23N3O2. The van der Waals surface area contributed by atoms with Crippen molar-refractivity contribution in [1.82, 2.24) is 15.8 Å². The molecule has 2 aliphatic rings. The minimum absolute atomic E-state index is 0.0962. The molecule has 2 fully saturated rings. The molecule has 0 aromatic heterocycles. The summed E-state index contributed by atoms with van der Waals surface area (Å²) in [5.41, 5.74) is 2.97. The topological polar surface area (TPSA) is 53.6 Å². The first-order chi connectivity index (χ1) is 8.16. The Kier molecular flexibility index (Phi) is 4.23. The lowest BCUT2D eigenvalue weighted by atomic mass is 10.00. The summed E-state index contributed by atoms with van der Waals surface area (Å²) in [4.78, 5) is 11.8. The molecule has 0 spiro atoms. The van der Waals surface area contributed by atoms with E-state index in [4.69, 9.17) is 4.74 Å². The average molecular weight is 241 g/mol. The number of nitrogens with zero attached hydrogens (tertiary/aromatic N) is 1. The fourth-order valence-corrected chi connectivity index (χ4v) is 2.62. The van der Waals surface area contributed by atoms with E-state index in [9.17, 15) is 4.79 Å². The number of amides is 2. The number of nitrogens with one attached hydrogen (secondary N) is 2. The first-order valence-electron chi connectivity index (χ1n) is 6.60. The summed E-state index contributed by atoms with van der Waals surface area (Å²) in [7, 11) is 0. The zero-order chi connectivity index (χ0) is 12.3. The molecule has 5 heteroatoms. The molecule has 0 aromatic rings. The van der Waals surface area contributed by atoms with Crippen LogP contribution in [-0.2, 0) is 4.74 Å². The zero-order valence-electron chi connectivity index (χ0n) is 10.7. The second-order valence-corrected chi connectivity index (χ2v) is 5.18. The SMILES string of the molecule is CC1CCCC(C)N1NC(=O)NC1CCOC1. The third-order valence-electron chi connectivity index (χ3n) is 3.69. The van der Waals surface area contributed by atoms with Gasteiger partial charge in [-0.05, 0) is 33.1 Å². The van der Waals surface area contributed by atoms with Crippen molar-refractivity contribution in [2.24, 2.45) is 0 Å². The van der Waals surface area contributed by atoms with Crippen LogP contribution in [0.2, 0.25) is 0 Å². The minimum Gasteiger partial charge on any atom is -0.379 e. The zero-order valence-corrected chi connectivity index (χ0v) is 10.7. The second kappa shape index (κ2) is 5.69. The lowest BCUT2D eigenvalue weighted by Gasteiger charge is -2.38. The van der Waals surface area contributed by atoms with Crippen molar-refractivity contribution in [2.45, 2.75) is 57.7 Å². The highest BCUT2D eigenvalue weighted by molar-refractivity contribution is 5.73. The van der Waals surface area contributed by atoms with E-state index < -0.39 is 0 Å². The van der Waals surface area contributed by atoms with Gasteiger partial charge in [-0.15, -0.1) is 0 Å². The molecule has 5 nitrogen and oxygen atoms in total. The number of ether oxygens (including phenoxy) is 1. The monoisotopic (exact) mass is 241 g/mol. The molecule has 0 aromatic carbocycles. The van der Waals surface area contributed by atoms with Crippen LogP contribution in [0.25, 0.3) is 0 Å². The molecule has 2 heterocycles. The highest BCUT2D eigenvalue weighted by atomic mass is 16.5. The van der Waals surface area contributed by atoms with E-state index in [1.54, 1.807) is 0 Å². The van der Waals surface area contributed by atoms with Gasteiger partial charge in [0.05, 0.1) is 12.6 Å². The molecule has 3 unspecified atom stereocenters. The summed E-state index contributed by atoms with van der Waals surface area (Å²) in [6, 6.07) is 0.917. The second-order valence-electron chi connectivity index (χ2n) is 5.18. The molecule has 2 N–H and O–H groups in total. The van der Waals surface area contributed by atoms with Gasteiger partial charge >= 0.3 is 6.03 Å². The van der Waals surface area contributed by atoms with Crippen LogP contribution in [0.15, 0.2) is 0 Å². The van der Waals surface area contributed by atoms with Crippen LogP contribution in [0.1, 0.15) is 39.5 Å². The van der Waals surface area contributed by atoms with Gasteiger partial charge < -0.3 is 10.1 Å². The molecule has 17 heavy (non-hydrogen) atoms. The highest BCUT2D eigenvalue weighted by Gasteiger charge is 2.27. The van der Waals surface area contributed by atoms with E-state index in [1.807, 2.05) is 0 Å². The van der Waals surface area contributed by atoms with Crippen LogP contribution in [-0.4, -0.2) is 42.4 Å². The fraction of sp³-hybridized carbons (Fsp3) is 0.917. The average Bonchev–Trinajstić information content (AvgIpc) is 2.76. The highest BCUT2D eigenvalue weighted by Crippen LogP contribution is 2.20. The maximum Gasteiger partial charge on any atom is 0.329 e. The number of urea groups is 1. The Morgan fingerprint density at radius 3 is 2.53 bits per heavy atom. The number of hydrogen-bond donors (Lipinski definition) is 2. The van der Waals surface area contributed by atoms with Gasteiger partial charge in [0.1, 0.15) is 0 Å². The third kappa shape index (κ3) is 3.33. The van der Waals surface area contributed by atoms with E-state index in [1.165, 1.54) is 6.42 Å². The van der Waals surface area contributed by atoms with Crippen molar-refractivity contribution in [3.63, 3.8) is 0 Å². The van der Waals surface area contributed by atoms with Crippen molar-refractivity contribution in [3.05, 3.63) is 0 Å². The number of hydrazine groups is 1. The summed E-state index contributed by atoms with van der Waals surface area (Å²) >= 11 is 0. The molecular weight excluding hydrogens is 218 g/mol. The maximum absolute atomic E-state index is 11.8. The Morgan fingerprint density at radius 2 is 1.94 bits per heavy atom. The van der Waals surface area contributed by atoms with Gasteiger partial charge in [0.25, 0.3) is 0 Å². The predicted molar refractivity (Wildman–Crippen MR) is 65.5 cm³/mol. The van der Waals surface area contributed by atoms with E-state index in [0.29, 0.717) is 18.7 Å². The number of hydrogen-bond acceptors (Lipinski definition) is 3. The molecule has 0 aliphatic carbocycles. The van der Waals surface area contributed by atoms with E-state index in [0.717, 1.165) is 25.9 Å². The molecule has 3 atom stereocenters. The Balaban J connectivity index is 1.79. The Labute approximate surface area is 103 Å². The third-order valence-corrected chi connectivity index (χ3v) is 3.69. The fourth-order valence-electron chi connectivity index (χ4n) is 2.62. The molecule has 2 saturated heterocycles. The lowest BCUT2D eigenvalue weighted by molar-refractivity contribution is 0.0586. The van der Waals surface area contributed by atoms with Crippen molar-refractivity contribution in [1.29, 1.82) is 0 Å². The molecule has 2 aliphatic heterocycles. The molecule has 2 amide bonds. The van der Waals surface area contributed by atoms with Gasteiger partial charge in [0.15, 0.2) is 0 Å². The van der Waals surface area contributed by atoms with Gasteiger partial charge in [-0.1, -0.05) is 6.42 Å². The van der Waals surface area contributed by atoms with Crippen LogP contribution in [0.3, 0.4) is 0 Å². The normalized spacial score (nSPS) is 34.6. The predicted octanol–water partition coefficient (Wildman–Crippen LogP) is 1.25. The van der Waals surface area contributed by atoms with Crippen molar-refractivity contribution in [2.75, 3.05) is 13.2 Å². The Bertz CT molecular complexity index is 256. The Hall–Kier alpha value is -0.810. The van der Waals surface area contributed by atoms with Gasteiger partial charge in [0, 0.05) is 18.7 Å². The molecule has 2 rings (SSSR count). The number of carbonyl (C=O) groups excluding carboxylic acids is 1. The van der Waals surface area contributed by atoms with Gasteiger partial charge in [-0.2, -0.15) is 0 Å². The standard InChI is InChI=1S/C12H23N3O2/c1-9-4-3-5-10(2)15(9)14-12(16)13-11-6-7-17-8-11/h9-11H,3-8H2,1-2H3,(H2,13,14,16). The van der Waals surface area contributed by atoms with Crippen LogP contribution in [0.5, 0.6) is 0 Å². The maximum atomic E-state index is 11.8. The summed E-state index contributed by atoms with van der Waals surface area (Å²) in [5, 5.41) is 5.03. The van der Waals surface area contributed by atoms with Crippen molar-refractivity contribution >= 4 is 6.03 Å². The molecule has 98 valence electrons. The molecule has 0 saturated carbocycles. The van der Waals surface area contributed by atoms with Crippen LogP contribution >= 0.6 is 0 Å². The first-order valence-corrected chi connectivity index (χ1v) is 6.60. The van der Waals surface area contributed by atoms with Crippen LogP contribution < -0.4 is 10.7 Å². The van der Waals surface area contributed by atoms with Crippen molar-refractivity contribution in [3.8, 4) is 0 Å². The largest absolute Gasteiger partial charge is 0.379 e. The van der Waals surface area contributed by atoms with Gasteiger partial charge in [-0.3, -0.25) is 5.43 Å².